The molecule has 0 radical (unpaired) electrons. The predicted molar refractivity (Wildman–Crippen MR) is 82.1 cm³/mol. The van der Waals surface area contributed by atoms with E-state index in [1.807, 2.05) is 19.2 Å². The molecule has 0 aliphatic heterocycles. The first-order chi connectivity index (χ1) is 10.2. The molecule has 116 valence electrons. The summed E-state index contributed by atoms with van der Waals surface area (Å²) >= 11 is 0. The summed E-state index contributed by atoms with van der Waals surface area (Å²) in [7, 11) is 1.49. The standard InChI is InChI=1S/C16H19N3O3/c1-11-9-10-19(17-11)13-7-5-12(6-8-13)14(20)18(4)16(2,3)15(21)22/h5-10H,1-4H3,(H,21,22). The molecule has 1 heterocycles. The number of amides is 1. The number of aromatic nitrogens is 2. The minimum Gasteiger partial charge on any atom is -0.480 e. The maximum Gasteiger partial charge on any atom is 0.329 e. The van der Waals surface area contributed by atoms with Crippen molar-refractivity contribution in [3.8, 4) is 5.69 Å². The summed E-state index contributed by atoms with van der Waals surface area (Å²) in [6, 6.07) is 8.79. The second-order valence-electron chi connectivity index (χ2n) is 5.68. The lowest BCUT2D eigenvalue weighted by atomic mass is 10.0. The van der Waals surface area contributed by atoms with Crippen molar-refractivity contribution in [1.82, 2.24) is 14.7 Å². The summed E-state index contributed by atoms with van der Waals surface area (Å²) in [5.74, 6) is -1.39. The number of carboxylic acid groups (broad SMARTS) is 1. The Hall–Kier alpha value is -2.63. The van der Waals surface area contributed by atoms with Crippen LogP contribution < -0.4 is 0 Å². The van der Waals surface area contributed by atoms with E-state index in [0.717, 1.165) is 11.4 Å². The van der Waals surface area contributed by atoms with Gasteiger partial charge in [-0.1, -0.05) is 0 Å². The number of likely N-dealkylation sites (N-methyl/N-ethyl adjacent to an activating group) is 1. The Bertz CT molecular complexity index is 702. The van der Waals surface area contributed by atoms with E-state index in [4.69, 9.17) is 0 Å². The number of carbonyl (C=O) groups excluding carboxylic acids is 1. The SMILES string of the molecule is Cc1ccn(-c2ccc(C(=O)N(C)C(C)(C)C(=O)O)cc2)n1. The number of hydrogen-bond donors (Lipinski definition) is 1. The minimum absolute atomic E-state index is 0.337. The second-order valence-corrected chi connectivity index (χ2v) is 5.68. The lowest BCUT2D eigenvalue weighted by Crippen LogP contribution is -2.50. The van der Waals surface area contributed by atoms with E-state index in [1.54, 1.807) is 28.9 Å². The first kappa shape index (κ1) is 15.8. The largest absolute Gasteiger partial charge is 0.480 e. The van der Waals surface area contributed by atoms with Gasteiger partial charge in [0.25, 0.3) is 5.91 Å². The molecule has 1 amide bonds. The quantitative estimate of drug-likeness (QED) is 0.938. The molecule has 0 unspecified atom stereocenters. The van der Waals surface area contributed by atoms with Gasteiger partial charge in [-0.15, -0.1) is 0 Å². The summed E-state index contributed by atoms with van der Waals surface area (Å²) in [5.41, 5.74) is 0.909. The van der Waals surface area contributed by atoms with Crippen molar-refractivity contribution in [3.05, 3.63) is 47.8 Å². The molecule has 0 fully saturated rings. The molecule has 22 heavy (non-hydrogen) atoms. The van der Waals surface area contributed by atoms with Gasteiger partial charge >= 0.3 is 5.97 Å². The molecule has 0 saturated carbocycles. The molecular weight excluding hydrogens is 282 g/mol. The smallest absolute Gasteiger partial charge is 0.329 e. The van der Waals surface area contributed by atoms with Crippen LogP contribution in [0.25, 0.3) is 5.69 Å². The molecule has 1 N–H and O–H groups in total. The zero-order valence-electron chi connectivity index (χ0n) is 13.1. The number of hydrogen-bond acceptors (Lipinski definition) is 3. The summed E-state index contributed by atoms with van der Waals surface area (Å²) in [5, 5.41) is 13.5. The molecular formula is C16H19N3O3. The van der Waals surface area contributed by atoms with E-state index in [2.05, 4.69) is 5.10 Å². The van der Waals surface area contributed by atoms with Gasteiger partial charge in [0.1, 0.15) is 5.54 Å². The molecule has 0 atom stereocenters. The fourth-order valence-electron chi connectivity index (χ4n) is 1.91. The van der Waals surface area contributed by atoms with Gasteiger partial charge in [-0.3, -0.25) is 4.79 Å². The Morgan fingerprint density at radius 2 is 1.77 bits per heavy atom. The fourth-order valence-corrected chi connectivity index (χ4v) is 1.91. The average Bonchev–Trinajstić information content (AvgIpc) is 2.92. The lowest BCUT2D eigenvalue weighted by Gasteiger charge is -2.31. The molecule has 0 aliphatic carbocycles. The van der Waals surface area contributed by atoms with Crippen molar-refractivity contribution in [2.75, 3.05) is 7.05 Å². The monoisotopic (exact) mass is 301 g/mol. The molecule has 0 aliphatic rings. The Kier molecular flexibility index (Phi) is 4.03. The van der Waals surface area contributed by atoms with E-state index >= 15 is 0 Å². The first-order valence-corrected chi connectivity index (χ1v) is 6.88. The third-order valence-corrected chi connectivity index (χ3v) is 3.77. The van der Waals surface area contributed by atoms with Crippen LogP contribution in [0.15, 0.2) is 36.5 Å². The van der Waals surface area contributed by atoms with Crippen LogP contribution >= 0.6 is 0 Å². The molecule has 0 spiro atoms. The maximum absolute atomic E-state index is 12.4. The van der Waals surface area contributed by atoms with Crippen LogP contribution in [0.2, 0.25) is 0 Å². The molecule has 1 aromatic carbocycles. The Morgan fingerprint density at radius 1 is 1.18 bits per heavy atom. The van der Waals surface area contributed by atoms with Crippen LogP contribution in [0.1, 0.15) is 29.9 Å². The van der Waals surface area contributed by atoms with Crippen molar-refractivity contribution >= 4 is 11.9 Å². The third kappa shape index (κ3) is 2.86. The van der Waals surface area contributed by atoms with Gasteiger partial charge in [0.05, 0.1) is 11.4 Å². The van der Waals surface area contributed by atoms with Crippen molar-refractivity contribution < 1.29 is 14.7 Å². The number of aliphatic carboxylic acids is 1. The highest BCUT2D eigenvalue weighted by molar-refractivity contribution is 5.97. The van der Waals surface area contributed by atoms with Crippen LogP contribution in [0.5, 0.6) is 0 Å². The van der Waals surface area contributed by atoms with Gasteiger partial charge in [0.2, 0.25) is 0 Å². The van der Waals surface area contributed by atoms with Crippen molar-refractivity contribution in [1.29, 1.82) is 0 Å². The van der Waals surface area contributed by atoms with Gasteiger partial charge in [-0.05, 0) is 51.1 Å². The number of benzene rings is 1. The fraction of sp³-hybridized carbons (Fsp3) is 0.312. The lowest BCUT2D eigenvalue weighted by molar-refractivity contribution is -0.147. The summed E-state index contributed by atoms with van der Waals surface area (Å²) in [6.45, 7) is 4.89. The van der Waals surface area contributed by atoms with Crippen LogP contribution in [0.4, 0.5) is 0 Å². The van der Waals surface area contributed by atoms with Crippen LogP contribution in [0, 0.1) is 6.92 Å². The van der Waals surface area contributed by atoms with E-state index < -0.39 is 11.5 Å². The normalized spacial score (nSPS) is 11.3. The highest BCUT2D eigenvalue weighted by Crippen LogP contribution is 2.17. The van der Waals surface area contributed by atoms with Gasteiger partial charge in [0, 0.05) is 18.8 Å². The van der Waals surface area contributed by atoms with Gasteiger partial charge < -0.3 is 10.0 Å². The first-order valence-electron chi connectivity index (χ1n) is 6.88. The number of rotatable bonds is 4. The summed E-state index contributed by atoms with van der Waals surface area (Å²) < 4.78 is 1.72. The Balaban J connectivity index is 2.23. The van der Waals surface area contributed by atoms with Crippen molar-refractivity contribution in [2.45, 2.75) is 26.3 Å². The van der Waals surface area contributed by atoms with E-state index in [1.165, 1.54) is 25.8 Å². The van der Waals surface area contributed by atoms with E-state index in [9.17, 15) is 14.7 Å². The maximum atomic E-state index is 12.4. The van der Waals surface area contributed by atoms with Gasteiger partial charge in [-0.2, -0.15) is 5.10 Å². The number of carboxylic acids is 1. The van der Waals surface area contributed by atoms with Crippen molar-refractivity contribution in [2.24, 2.45) is 0 Å². The van der Waals surface area contributed by atoms with Crippen molar-refractivity contribution in [3.63, 3.8) is 0 Å². The van der Waals surface area contributed by atoms with E-state index in [0.29, 0.717) is 5.56 Å². The molecule has 6 heteroatoms. The van der Waals surface area contributed by atoms with Gasteiger partial charge in [-0.25, -0.2) is 9.48 Å². The molecule has 0 saturated heterocycles. The van der Waals surface area contributed by atoms with Crippen LogP contribution in [-0.2, 0) is 4.79 Å². The number of carbonyl (C=O) groups is 2. The highest BCUT2D eigenvalue weighted by atomic mass is 16.4. The highest BCUT2D eigenvalue weighted by Gasteiger charge is 2.35. The molecule has 2 rings (SSSR count). The molecule has 6 nitrogen and oxygen atoms in total. The Labute approximate surface area is 129 Å². The zero-order valence-corrected chi connectivity index (χ0v) is 13.1. The molecule has 1 aromatic heterocycles. The molecule has 0 bridgehead atoms. The topological polar surface area (TPSA) is 75.4 Å². The number of nitrogens with zero attached hydrogens (tertiary/aromatic N) is 3. The van der Waals surface area contributed by atoms with Crippen LogP contribution in [0.3, 0.4) is 0 Å². The predicted octanol–water partition coefficient (Wildman–Crippen LogP) is 2.12. The number of aryl methyl sites for hydroxylation is 1. The summed E-state index contributed by atoms with van der Waals surface area (Å²) in [4.78, 5) is 24.8. The van der Waals surface area contributed by atoms with E-state index in [-0.39, 0.29) is 5.91 Å². The minimum atomic E-state index is -1.27. The third-order valence-electron chi connectivity index (χ3n) is 3.77. The second kappa shape index (κ2) is 5.63. The summed E-state index contributed by atoms with van der Waals surface area (Å²) in [6.07, 6.45) is 1.84. The zero-order chi connectivity index (χ0) is 16.5. The Morgan fingerprint density at radius 3 is 2.23 bits per heavy atom. The van der Waals surface area contributed by atoms with Crippen LogP contribution in [-0.4, -0.2) is 44.3 Å². The van der Waals surface area contributed by atoms with Gasteiger partial charge in [0.15, 0.2) is 0 Å². The average molecular weight is 301 g/mol. The molecule has 2 aromatic rings.